The van der Waals surface area contributed by atoms with Gasteiger partial charge in [0.1, 0.15) is 11.5 Å². The van der Waals surface area contributed by atoms with E-state index in [0.29, 0.717) is 11.4 Å². The number of thiol groups is 1. The number of hydrogen-bond acceptors (Lipinski definition) is 4. The molecule has 0 aliphatic rings. The minimum atomic E-state index is -2.69. The number of nitrogens with one attached hydrogen (secondary N) is 1. The average molecular weight is 314 g/mol. The molecule has 3 rings (SSSR count). The van der Waals surface area contributed by atoms with Gasteiger partial charge in [0, 0.05) is 11.3 Å². The maximum atomic E-state index is 10.8. The first-order valence-corrected chi connectivity index (χ1v) is 7.86. The molecule has 0 saturated carbocycles. The standard InChI is InChI=1S/C16H14N2O3S/c1-11-15(13-8-5-9-14(10-13)18-22(19)20)16(17-21-11)12-6-3-2-4-7-12/h2-10,22H,1H3,(H,18,19,20). The van der Waals surface area contributed by atoms with Gasteiger partial charge in [-0.25, -0.2) is 8.42 Å². The molecule has 112 valence electrons. The molecule has 22 heavy (non-hydrogen) atoms. The van der Waals surface area contributed by atoms with Crippen molar-refractivity contribution in [3.05, 3.63) is 60.4 Å². The number of rotatable bonds is 4. The molecule has 0 spiro atoms. The van der Waals surface area contributed by atoms with Crippen LogP contribution < -0.4 is 4.72 Å². The van der Waals surface area contributed by atoms with Gasteiger partial charge < -0.3 is 4.52 Å². The van der Waals surface area contributed by atoms with Crippen molar-refractivity contribution in [2.75, 3.05) is 4.72 Å². The number of aromatic nitrogens is 1. The van der Waals surface area contributed by atoms with E-state index < -0.39 is 10.9 Å². The first-order chi connectivity index (χ1) is 10.6. The second-order valence-corrected chi connectivity index (χ2v) is 5.52. The van der Waals surface area contributed by atoms with E-state index >= 15 is 0 Å². The number of hydrogen-bond donors (Lipinski definition) is 2. The molecule has 0 aliphatic heterocycles. The molecule has 0 unspecified atom stereocenters. The van der Waals surface area contributed by atoms with Crippen LogP contribution >= 0.6 is 0 Å². The lowest BCUT2D eigenvalue weighted by Crippen LogP contribution is -1.95. The summed E-state index contributed by atoms with van der Waals surface area (Å²) in [4.78, 5) is 0. The first kappa shape index (κ1) is 14.3. The molecule has 1 aromatic heterocycles. The zero-order chi connectivity index (χ0) is 15.5. The van der Waals surface area contributed by atoms with Crippen LogP contribution in [0.1, 0.15) is 5.76 Å². The van der Waals surface area contributed by atoms with Crippen LogP contribution in [0.5, 0.6) is 0 Å². The van der Waals surface area contributed by atoms with Crippen molar-refractivity contribution < 1.29 is 12.9 Å². The first-order valence-electron chi connectivity index (χ1n) is 6.68. The molecule has 6 heteroatoms. The van der Waals surface area contributed by atoms with Crippen LogP contribution in [-0.2, 0) is 10.9 Å². The monoisotopic (exact) mass is 314 g/mol. The highest BCUT2D eigenvalue weighted by Crippen LogP contribution is 2.35. The summed E-state index contributed by atoms with van der Waals surface area (Å²) in [6.07, 6.45) is 0. The van der Waals surface area contributed by atoms with Crippen molar-refractivity contribution in [1.29, 1.82) is 0 Å². The SMILES string of the molecule is Cc1onc(-c2ccccc2)c1-c1cccc(N[SH](=O)=O)c1. The topological polar surface area (TPSA) is 72.2 Å². The van der Waals surface area contributed by atoms with E-state index in [-0.39, 0.29) is 0 Å². The maximum absolute atomic E-state index is 10.8. The average Bonchev–Trinajstić information content (AvgIpc) is 2.89. The maximum Gasteiger partial charge on any atom is 0.222 e. The number of aryl methyl sites for hydroxylation is 1. The van der Waals surface area contributed by atoms with Gasteiger partial charge in [0.05, 0.1) is 5.56 Å². The minimum Gasteiger partial charge on any atom is -0.360 e. The summed E-state index contributed by atoms with van der Waals surface area (Å²) in [6, 6.07) is 16.9. The van der Waals surface area contributed by atoms with Crippen LogP contribution in [-0.4, -0.2) is 13.6 Å². The predicted molar refractivity (Wildman–Crippen MR) is 86.0 cm³/mol. The second kappa shape index (κ2) is 6.03. The fourth-order valence-corrected chi connectivity index (χ4v) is 2.70. The Balaban J connectivity index is 2.11. The zero-order valence-electron chi connectivity index (χ0n) is 11.8. The lowest BCUT2D eigenvalue weighted by atomic mass is 9.99. The molecule has 1 heterocycles. The minimum absolute atomic E-state index is 0.508. The quantitative estimate of drug-likeness (QED) is 0.725. The van der Waals surface area contributed by atoms with E-state index in [4.69, 9.17) is 4.52 Å². The van der Waals surface area contributed by atoms with Gasteiger partial charge in [0.15, 0.2) is 0 Å². The van der Waals surface area contributed by atoms with Crippen molar-refractivity contribution in [3.8, 4) is 22.4 Å². The summed E-state index contributed by atoms with van der Waals surface area (Å²) in [5.74, 6) is 0.683. The second-order valence-electron chi connectivity index (χ2n) is 4.78. The Morgan fingerprint density at radius 1 is 1.00 bits per heavy atom. The van der Waals surface area contributed by atoms with Crippen LogP contribution in [0, 0.1) is 6.92 Å². The summed E-state index contributed by atoms with van der Waals surface area (Å²) >= 11 is 0. The molecule has 2 aromatic carbocycles. The summed E-state index contributed by atoms with van der Waals surface area (Å²) in [5.41, 5.74) is 3.90. The third kappa shape index (κ3) is 2.87. The normalized spacial score (nSPS) is 10.8. The number of anilines is 1. The van der Waals surface area contributed by atoms with E-state index in [9.17, 15) is 8.42 Å². The number of nitrogens with zero attached hydrogens (tertiary/aromatic N) is 1. The molecule has 0 bridgehead atoms. The Morgan fingerprint density at radius 3 is 2.45 bits per heavy atom. The van der Waals surface area contributed by atoms with Crippen LogP contribution in [0.4, 0.5) is 5.69 Å². The Labute approximate surface area is 129 Å². The smallest absolute Gasteiger partial charge is 0.222 e. The van der Waals surface area contributed by atoms with Gasteiger partial charge in [-0.2, -0.15) is 0 Å². The fraction of sp³-hybridized carbons (Fsp3) is 0.0625. The van der Waals surface area contributed by atoms with E-state index in [1.54, 1.807) is 18.2 Å². The molecule has 0 radical (unpaired) electrons. The number of benzene rings is 2. The van der Waals surface area contributed by atoms with Crippen molar-refractivity contribution in [1.82, 2.24) is 5.16 Å². The Hall–Kier alpha value is -2.60. The summed E-state index contributed by atoms with van der Waals surface area (Å²) in [6.45, 7) is 1.84. The van der Waals surface area contributed by atoms with Gasteiger partial charge in [0.25, 0.3) is 0 Å². The van der Waals surface area contributed by atoms with Crippen molar-refractivity contribution >= 4 is 16.6 Å². The van der Waals surface area contributed by atoms with Crippen LogP contribution in [0.15, 0.2) is 59.1 Å². The van der Waals surface area contributed by atoms with Crippen LogP contribution in [0.25, 0.3) is 22.4 Å². The van der Waals surface area contributed by atoms with Gasteiger partial charge in [0.2, 0.25) is 10.9 Å². The highest BCUT2D eigenvalue weighted by molar-refractivity contribution is 7.73. The molecular formula is C16H14N2O3S. The third-order valence-corrected chi connectivity index (χ3v) is 3.72. The van der Waals surface area contributed by atoms with Crippen molar-refractivity contribution in [2.24, 2.45) is 0 Å². The van der Waals surface area contributed by atoms with Gasteiger partial charge in [-0.05, 0) is 24.6 Å². The third-order valence-electron chi connectivity index (χ3n) is 3.28. The molecule has 3 aromatic rings. The molecule has 5 nitrogen and oxygen atoms in total. The molecule has 0 amide bonds. The van der Waals surface area contributed by atoms with Gasteiger partial charge >= 0.3 is 0 Å². The largest absolute Gasteiger partial charge is 0.360 e. The molecule has 0 saturated heterocycles. The van der Waals surface area contributed by atoms with Crippen LogP contribution in [0.2, 0.25) is 0 Å². The lowest BCUT2D eigenvalue weighted by molar-refractivity contribution is 0.400. The van der Waals surface area contributed by atoms with E-state index in [2.05, 4.69) is 9.88 Å². The predicted octanol–water partition coefficient (Wildman–Crippen LogP) is 3.26. The molecule has 0 atom stereocenters. The van der Waals surface area contributed by atoms with E-state index in [1.807, 2.05) is 43.3 Å². The lowest BCUT2D eigenvalue weighted by Gasteiger charge is -2.05. The fourth-order valence-electron chi connectivity index (χ4n) is 2.35. The Morgan fingerprint density at radius 2 is 1.73 bits per heavy atom. The molecule has 0 aliphatic carbocycles. The van der Waals surface area contributed by atoms with Gasteiger partial charge in [-0.15, -0.1) is 0 Å². The Kier molecular flexibility index (Phi) is 3.93. The summed E-state index contributed by atoms with van der Waals surface area (Å²) < 4.78 is 29.4. The molecule has 1 N–H and O–H groups in total. The van der Waals surface area contributed by atoms with Crippen LogP contribution in [0.3, 0.4) is 0 Å². The van der Waals surface area contributed by atoms with Crippen molar-refractivity contribution in [3.63, 3.8) is 0 Å². The van der Waals surface area contributed by atoms with E-state index in [1.165, 1.54) is 0 Å². The highest BCUT2D eigenvalue weighted by atomic mass is 32.2. The molecular weight excluding hydrogens is 300 g/mol. The Bertz CT molecular complexity index is 862. The summed E-state index contributed by atoms with van der Waals surface area (Å²) in [7, 11) is -2.69. The zero-order valence-corrected chi connectivity index (χ0v) is 12.7. The highest BCUT2D eigenvalue weighted by Gasteiger charge is 2.16. The van der Waals surface area contributed by atoms with Gasteiger partial charge in [-0.1, -0.05) is 47.6 Å². The van der Waals surface area contributed by atoms with E-state index in [0.717, 1.165) is 22.4 Å². The molecule has 0 fully saturated rings. The summed E-state index contributed by atoms with van der Waals surface area (Å²) in [5, 5.41) is 4.14. The van der Waals surface area contributed by atoms with Crippen molar-refractivity contribution in [2.45, 2.75) is 6.92 Å². The van der Waals surface area contributed by atoms with Gasteiger partial charge in [-0.3, -0.25) is 4.72 Å².